The molecule has 0 fully saturated rings. The van der Waals surface area contributed by atoms with Crippen LogP contribution < -0.4 is 0 Å². The van der Waals surface area contributed by atoms with E-state index >= 15 is 0 Å². The van der Waals surface area contributed by atoms with Crippen LogP contribution >= 0.6 is 0 Å². The molecule has 0 saturated carbocycles. The number of aliphatic carboxylic acids is 1. The number of unbranched alkanes of at least 4 members (excludes halogenated alkanes) is 25. The largest absolute Gasteiger partial charge is 0.481 e. The van der Waals surface area contributed by atoms with Gasteiger partial charge in [-0.2, -0.15) is 0 Å². The molecule has 0 aromatic rings. The molecule has 0 rings (SSSR count). The average molecular weight is 665 g/mol. The van der Waals surface area contributed by atoms with E-state index in [0.29, 0.717) is 6.42 Å². The molecule has 0 spiro atoms. The number of carbonyl (C=O) groups is 1. The standard InChI is InChI=1S/C26H54O.C18H34O2/c1-25(2)21-17-13-9-5-7-11-15-19-23-27-24-20-16-12-8-6-10-14-18-22-26(3)4;1-2-3-4-5-6-7-8-9-10-11-12-13-14-15-16-17-18(19)20/h25-26H,5-24H2,1-4H3;9-10H,2-8,11-17H2,1H3,(H,19,20)/b;10-9-. The second kappa shape index (κ2) is 43.2. The van der Waals surface area contributed by atoms with Gasteiger partial charge in [0.1, 0.15) is 0 Å². The molecule has 0 aromatic carbocycles. The third-order valence-corrected chi connectivity index (χ3v) is 9.29. The first-order chi connectivity index (χ1) is 22.9. The van der Waals surface area contributed by atoms with Gasteiger partial charge in [-0.25, -0.2) is 0 Å². The summed E-state index contributed by atoms with van der Waals surface area (Å²) < 4.78 is 5.80. The van der Waals surface area contributed by atoms with Crippen LogP contribution in [0.4, 0.5) is 0 Å². The molecule has 1 N–H and O–H groups in total. The Morgan fingerprint density at radius 3 is 1.15 bits per heavy atom. The molecule has 0 saturated heterocycles. The number of rotatable bonds is 37. The Hall–Kier alpha value is -0.830. The van der Waals surface area contributed by atoms with Gasteiger partial charge in [-0.1, -0.05) is 201 Å². The van der Waals surface area contributed by atoms with Crippen LogP contribution in [0.15, 0.2) is 12.2 Å². The molecule has 282 valence electrons. The van der Waals surface area contributed by atoms with Crippen molar-refractivity contribution >= 4 is 5.97 Å². The first kappa shape index (κ1) is 48.3. The molecular formula is C44H88O3. The van der Waals surface area contributed by atoms with E-state index in [2.05, 4.69) is 46.8 Å². The number of carboxylic acids is 1. The Bertz CT molecular complexity index is 571. The average Bonchev–Trinajstić information content (AvgIpc) is 3.03. The van der Waals surface area contributed by atoms with E-state index in [1.807, 2.05) is 0 Å². The molecular weight excluding hydrogens is 576 g/mol. The molecule has 3 heteroatoms. The highest BCUT2D eigenvalue weighted by atomic mass is 16.5. The minimum atomic E-state index is -0.664. The van der Waals surface area contributed by atoms with Crippen molar-refractivity contribution in [2.24, 2.45) is 11.8 Å². The highest BCUT2D eigenvalue weighted by Crippen LogP contribution is 2.14. The Balaban J connectivity index is 0. The predicted octanol–water partition coefficient (Wildman–Crippen LogP) is 15.4. The molecule has 0 radical (unpaired) electrons. The number of ether oxygens (including phenoxy) is 1. The first-order valence-corrected chi connectivity index (χ1v) is 21.3. The van der Waals surface area contributed by atoms with Crippen molar-refractivity contribution in [3.8, 4) is 0 Å². The topological polar surface area (TPSA) is 46.5 Å². The van der Waals surface area contributed by atoms with Gasteiger partial charge in [0.25, 0.3) is 0 Å². The predicted molar refractivity (Wildman–Crippen MR) is 211 cm³/mol. The van der Waals surface area contributed by atoms with Crippen molar-refractivity contribution in [2.45, 2.75) is 240 Å². The molecule has 0 amide bonds. The minimum absolute atomic E-state index is 0.332. The lowest BCUT2D eigenvalue weighted by Gasteiger charge is -2.06. The SMILES string of the molecule is CC(C)CCCCCCCCCCOCCCCCCCCCCC(C)C.CCCCCCCC/C=C\CCCCCCCC(=O)O. The Morgan fingerprint density at radius 2 is 0.787 bits per heavy atom. The summed E-state index contributed by atoms with van der Waals surface area (Å²) in [6.07, 6.45) is 46.5. The van der Waals surface area contributed by atoms with E-state index in [0.717, 1.165) is 37.9 Å². The smallest absolute Gasteiger partial charge is 0.303 e. The van der Waals surface area contributed by atoms with Crippen molar-refractivity contribution in [1.82, 2.24) is 0 Å². The highest BCUT2D eigenvalue weighted by Gasteiger charge is 1.98. The third-order valence-electron chi connectivity index (χ3n) is 9.29. The number of hydrogen-bond acceptors (Lipinski definition) is 2. The first-order valence-electron chi connectivity index (χ1n) is 21.3. The maximum Gasteiger partial charge on any atom is 0.303 e. The molecule has 0 aliphatic heterocycles. The van der Waals surface area contributed by atoms with E-state index in [4.69, 9.17) is 9.84 Å². The minimum Gasteiger partial charge on any atom is -0.481 e. The van der Waals surface area contributed by atoms with E-state index < -0.39 is 5.97 Å². The Morgan fingerprint density at radius 1 is 0.468 bits per heavy atom. The molecule has 3 nitrogen and oxygen atoms in total. The molecule has 0 aromatic heterocycles. The number of hydrogen-bond donors (Lipinski definition) is 1. The van der Waals surface area contributed by atoms with Gasteiger partial charge in [0.15, 0.2) is 0 Å². The Labute approximate surface area is 297 Å². The summed E-state index contributed by atoms with van der Waals surface area (Å²) in [5.41, 5.74) is 0. The van der Waals surface area contributed by atoms with E-state index in [9.17, 15) is 4.79 Å². The summed E-state index contributed by atoms with van der Waals surface area (Å²) in [4.78, 5) is 10.3. The zero-order valence-electron chi connectivity index (χ0n) is 33.1. The fraction of sp³-hybridized carbons (Fsp3) is 0.932. The second-order valence-corrected chi connectivity index (χ2v) is 15.4. The molecule has 0 atom stereocenters. The van der Waals surface area contributed by atoms with Crippen molar-refractivity contribution in [3.63, 3.8) is 0 Å². The fourth-order valence-corrected chi connectivity index (χ4v) is 6.08. The fourth-order valence-electron chi connectivity index (χ4n) is 6.08. The van der Waals surface area contributed by atoms with Gasteiger partial charge < -0.3 is 9.84 Å². The number of carboxylic acid groups (broad SMARTS) is 1. The van der Waals surface area contributed by atoms with Crippen LogP contribution in [0.5, 0.6) is 0 Å². The van der Waals surface area contributed by atoms with Gasteiger partial charge in [-0.05, 0) is 56.8 Å². The van der Waals surface area contributed by atoms with Crippen LogP contribution in [0.25, 0.3) is 0 Å². The van der Waals surface area contributed by atoms with Gasteiger partial charge >= 0.3 is 5.97 Å². The zero-order valence-corrected chi connectivity index (χ0v) is 33.1. The van der Waals surface area contributed by atoms with E-state index in [1.54, 1.807) is 0 Å². The van der Waals surface area contributed by atoms with Gasteiger partial charge in [0.2, 0.25) is 0 Å². The monoisotopic (exact) mass is 665 g/mol. The normalized spacial score (nSPS) is 11.6. The van der Waals surface area contributed by atoms with Crippen molar-refractivity contribution < 1.29 is 14.6 Å². The molecule has 47 heavy (non-hydrogen) atoms. The lowest BCUT2D eigenvalue weighted by atomic mass is 10.0. The lowest BCUT2D eigenvalue weighted by Crippen LogP contribution is -1.97. The maximum atomic E-state index is 10.3. The van der Waals surface area contributed by atoms with Crippen molar-refractivity contribution in [1.29, 1.82) is 0 Å². The maximum absolute atomic E-state index is 10.3. The molecule has 0 bridgehead atoms. The summed E-state index contributed by atoms with van der Waals surface area (Å²) in [5, 5.41) is 8.51. The molecule has 0 aliphatic rings. The summed E-state index contributed by atoms with van der Waals surface area (Å²) in [6.45, 7) is 13.6. The quantitative estimate of drug-likeness (QED) is 0.0531. The molecule has 0 heterocycles. The van der Waals surface area contributed by atoms with Crippen LogP contribution in [0.1, 0.15) is 240 Å². The molecule has 0 aliphatic carbocycles. The van der Waals surface area contributed by atoms with Crippen LogP contribution in [0.2, 0.25) is 0 Å². The van der Waals surface area contributed by atoms with Crippen LogP contribution in [0, 0.1) is 11.8 Å². The van der Waals surface area contributed by atoms with Crippen LogP contribution in [-0.4, -0.2) is 24.3 Å². The molecule has 0 unspecified atom stereocenters. The van der Waals surface area contributed by atoms with Crippen molar-refractivity contribution in [3.05, 3.63) is 12.2 Å². The van der Waals surface area contributed by atoms with Crippen LogP contribution in [0.3, 0.4) is 0 Å². The summed E-state index contributed by atoms with van der Waals surface area (Å²) >= 11 is 0. The Kier molecular flexibility index (Phi) is 44.4. The lowest BCUT2D eigenvalue weighted by molar-refractivity contribution is -0.137. The third kappa shape index (κ3) is 52.2. The summed E-state index contributed by atoms with van der Waals surface area (Å²) in [6, 6.07) is 0. The zero-order chi connectivity index (χ0) is 34.9. The second-order valence-electron chi connectivity index (χ2n) is 15.4. The van der Waals surface area contributed by atoms with Gasteiger partial charge in [0.05, 0.1) is 0 Å². The van der Waals surface area contributed by atoms with Gasteiger partial charge in [-0.15, -0.1) is 0 Å². The summed E-state index contributed by atoms with van der Waals surface area (Å²) in [7, 11) is 0. The van der Waals surface area contributed by atoms with Crippen molar-refractivity contribution in [2.75, 3.05) is 13.2 Å². The van der Waals surface area contributed by atoms with E-state index in [-0.39, 0.29) is 0 Å². The van der Waals surface area contributed by atoms with Gasteiger partial charge in [-0.3, -0.25) is 4.79 Å². The van der Waals surface area contributed by atoms with Crippen LogP contribution in [-0.2, 0) is 9.53 Å². The van der Waals surface area contributed by atoms with E-state index in [1.165, 1.54) is 186 Å². The number of allylic oxidation sites excluding steroid dienone is 2. The highest BCUT2D eigenvalue weighted by molar-refractivity contribution is 5.66. The van der Waals surface area contributed by atoms with Gasteiger partial charge in [0, 0.05) is 19.6 Å². The summed E-state index contributed by atoms with van der Waals surface area (Å²) in [5.74, 6) is 1.10.